The first kappa shape index (κ1) is 96.1. The molecule has 582 valence electrons. The summed E-state index contributed by atoms with van der Waals surface area (Å²) in [5.41, 5.74) is 0. The predicted molar refractivity (Wildman–Crippen MR) is 400 cm³/mol. The summed E-state index contributed by atoms with van der Waals surface area (Å²) in [6, 6.07) is 0. The zero-order valence-corrected chi connectivity index (χ0v) is 65.7. The normalized spacial score (nSPS) is 13.9. The number of unbranched alkanes of at least 4 members (excludes halogenated alkanes) is 51. The number of carbonyl (C=O) groups excluding carboxylic acids is 4. The number of aliphatic hydroxyl groups excluding tert-OH is 1. The minimum Gasteiger partial charge on any atom is -0.462 e. The lowest BCUT2D eigenvalue weighted by Gasteiger charge is -2.21. The highest BCUT2D eigenvalue weighted by atomic mass is 31.2. The van der Waals surface area contributed by atoms with Gasteiger partial charge in [-0.3, -0.25) is 37.3 Å². The highest BCUT2D eigenvalue weighted by molar-refractivity contribution is 7.47. The summed E-state index contributed by atoms with van der Waals surface area (Å²) in [4.78, 5) is 72.9. The lowest BCUT2D eigenvalue weighted by molar-refractivity contribution is -0.161. The molecule has 0 heterocycles. The summed E-state index contributed by atoms with van der Waals surface area (Å²) < 4.78 is 68.6. The topological polar surface area (TPSA) is 237 Å². The number of phosphoric acid groups is 2. The maximum atomic E-state index is 13.1. The molecule has 0 aromatic rings. The van der Waals surface area contributed by atoms with Crippen molar-refractivity contribution in [1.29, 1.82) is 0 Å². The van der Waals surface area contributed by atoms with Crippen molar-refractivity contribution in [3.05, 3.63) is 0 Å². The molecule has 0 bridgehead atoms. The van der Waals surface area contributed by atoms with Crippen LogP contribution in [0.15, 0.2) is 0 Å². The third-order valence-corrected chi connectivity index (χ3v) is 20.4. The van der Waals surface area contributed by atoms with Gasteiger partial charge in [-0.05, 0) is 31.6 Å². The van der Waals surface area contributed by atoms with Crippen LogP contribution in [0.4, 0.5) is 0 Å². The fraction of sp³-hybridized carbons (Fsp3) is 0.949. The van der Waals surface area contributed by atoms with Gasteiger partial charge in [0, 0.05) is 25.7 Å². The van der Waals surface area contributed by atoms with Crippen molar-refractivity contribution in [3.63, 3.8) is 0 Å². The van der Waals surface area contributed by atoms with Gasteiger partial charge in [-0.15, -0.1) is 0 Å². The standard InChI is InChI=1S/C79H154O17P2/c1-6-9-12-15-18-21-23-25-27-29-31-35-39-43-48-53-58-63-77(82)90-69-75(96-79(84)65-60-55-50-45-41-37-33-32-34-38-42-46-51-56-61-72(4)5)71-94-98(87,88)92-67-73(80)66-91-97(85,86)93-70-74(68-89-76(81)62-57-52-47-20-17-14-11-8-3)95-78(83)64-59-54-49-44-40-36-30-28-26-24-22-19-16-13-10-7-2/h72-75,80H,6-71H2,1-5H3,(H,85,86)(H,87,88)/t73-,74+,75+/m0/s1. The van der Waals surface area contributed by atoms with Crippen LogP contribution in [0.25, 0.3) is 0 Å². The first-order chi connectivity index (χ1) is 47.5. The van der Waals surface area contributed by atoms with E-state index in [2.05, 4.69) is 34.6 Å². The van der Waals surface area contributed by atoms with Crippen LogP contribution >= 0.6 is 15.6 Å². The second kappa shape index (κ2) is 72.0. The molecule has 0 aliphatic heterocycles. The molecule has 5 atom stereocenters. The number of hydrogen-bond acceptors (Lipinski definition) is 15. The highest BCUT2D eigenvalue weighted by Gasteiger charge is 2.30. The van der Waals surface area contributed by atoms with E-state index in [0.717, 1.165) is 102 Å². The van der Waals surface area contributed by atoms with Crippen LogP contribution in [0.5, 0.6) is 0 Å². The molecule has 0 saturated carbocycles. The summed E-state index contributed by atoms with van der Waals surface area (Å²) in [6.45, 7) is 7.32. The van der Waals surface area contributed by atoms with Gasteiger partial charge in [0.2, 0.25) is 0 Å². The van der Waals surface area contributed by atoms with Crippen molar-refractivity contribution in [3.8, 4) is 0 Å². The summed E-state index contributed by atoms with van der Waals surface area (Å²) in [7, 11) is -9.91. The minimum atomic E-state index is -4.96. The Kier molecular flexibility index (Phi) is 70.6. The summed E-state index contributed by atoms with van der Waals surface area (Å²) in [5.74, 6) is -1.31. The Labute approximate surface area is 600 Å². The van der Waals surface area contributed by atoms with Crippen molar-refractivity contribution < 1.29 is 80.2 Å². The Bertz CT molecular complexity index is 1870. The number of esters is 4. The zero-order chi connectivity index (χ0) is 71.9. The second-order valence-corrected chi connectivity index (χ2v) is 31.8. The van der Waals surface area contributed by atoms with Gasteiger partial charge in [0.15, 0.2) is 12.2 Å². The Hall–Kier alpha value is -1.94. The number of hydrogen-bond donors (Lipinski definition) is 3. The molecule has 0 aliphatic carbocycles. The highest BCUT2D eigenvalue weighted by Crippen LogP contribution is 2.45. The van der Waals surface area contributed by atoms with Crippen LogP contribution in [0, 0.1) is 5.92 Å². The van der Waals surface area contributed by atoms with Crippen molar-refractivity contribution in [2.45, 2.75) is 438 Å². The maximum absolute atomic E-state index is 13.1. The largest absolute Gasteiger partial charge is 0.472 e. The summed E-state index contributed by atoms with van der Waals surface area (Å²) in [6.07, 6.45) is 62.4. The molecule has 0 amide bonds. The fourth-order valence-corrected chi connectivity index (χ4v) is 13.8. The van der Waals surface area contributed by atoms with E-state index in [-0.39, 0.29) is 25.7 Å². The van der Waals surface area contributed by atoms with Crippen LogP contribution in [0.1, 0.15) is 420 Å². The van der Waals surface area contributed by atoms with Gasteiger partial charge in [-0.2, -0.15) is 0 Å². The Morgan fingerprint density at radius 3 is 0.694 bits per heavy atom. The number of phosphoric ester groups is 2. The molecular weight excluding hydrogens is 1280 g/mol. The smallest absolute Gasteiger partial charge is 0.462 e. The van der Waals surface area contributed by atoms with E-state index < -0.39 is 97.5 Å². The van der Waals surface area contributed by atoms with Gasteiger partial charge in [-0.1, -0.05) is 369 Å². The average Bonchev–Trinajstić information content (AvgIpc) is 1.07. The first-order valence-corrected chi connectivity index (χ1v) is 44.1. The van der Waals surface area contributed by atoms with Crippen molar-refractivity contribution in [2.24, 2.45) is 5.92 Å². The number of carbonyl (C=O) groups is 4. The van der Waals surface area contributed by atoms with E-state index >= 15 is 0 Å². The van der Waals surface area contributed by atoms with E-state index in [1.54, 1.807) is 0 Å². The van der Waals surface area contributed by atoms with E-state index in [0.29, 0.717) is 25.7 Å². The monoisotopic (exact) mass is 1440 g/mol. The molecule has 2 unspecified atom stereocenters. The van der Waals surface area contributed by atoms with E-state index in [1.807, 2.05) is 0 Å². The van der Waals surface area contributed by atoms with Crippen LogP contribution in [0.3, 0.4) is 0 Å². The lowest BCUT2D eigenvalue weighted by atomic mass is 10.0. The van der Waals surface area contributed by atoms with Crippen molar-refractivity contribution in [2.75, 3.05) is 39.6 Å². The number of rotatable bonds is 79. The zero-order valence-electron chi connectivity index (χ0n) is 63.9. The van der Waals surface area contributed by atoms with Gasteiger partial charge in [0.1, 0.15) is 19.3 Å². The van der Waals surface area contributed by atoms with E-state index in [4.69, 9.17) is 37.0 Å². The number of ether oxygens (including phenoxy) is 4. The molecule has 0 aromatic heterocycles. The van der Waals surface area contributed by atoms with Crippen molar-refractivity contribution >= 4 is 39.5 Å². The Morgan fingerprint density at radius 2 is 0.469 bits per heavy atom. The van der Waals surface area contributed by atoms with Gasteiger partial charge in [-0.25, -0.2) is 9.13 Å². The number of aliphatic hydroxyl groups is 1. The summed E-state index contributed by atoms with van der Waals surface area (Å²) >= 11 is 0. The molecule has 19 heteroatoms. The molecule has 0 rings (SSSR count). The van der Waals surface area contributed by atoms with Crippen LogP contribution in [-0.2, 0) is 65.4 Å². The molecule has 17 nitrogen and oxygen atoms in total. The molecule has 0 saturated heterocycles. The third kappa shape index (κ3) is 72.4. The van der Waals surface area contributed by atoms with E-state index in [9.17, 15) is 43.2 Å². The maximum Gasteiger partial charge on any atom is 0.472 e. The van der Waals surface area contributed by atoms with Gasteiger partial charge >= 0.3 is 39.5 Å². The predicted octanol–water partition coefficient (Wildman–Crippen LogP) is 23.6. The Morgan fingerprint density at radius 1 is 0.276 bits per heavy atom. The quantitative estimate of drug-likeness (QED) is 0.0222. The SMILES string of the molecule is CCCCCCCCCCCCCCCCCCCC(=O)OC[C@H](COP(=O)(O)OC[C@@H](O)COP(=O)(O)OC[C@@H](COC(=O)CCCCCCCCCC)OC(=O)CCCCCCCCCCCCCCCCCC)OC(=O)CCCCCCCCCCCCCCCCC(C)C. The fourth-order valence-electron chi connectivity index (χ4n) is 12.2. The van der Waals surface area contributed by atoms with Crippen LogP contribution in [-0.4, -0.2) is 96.7 Å². The molecule has 0 spiro atoms. The molecule has 0 radical (unpaired) electrons. The second-order valence-electron chi connectivity index (χ2n) is 28.9. The average molecular weight is 1440 g/mol. The van der Waals surface area contributed by atoms with Crippen molar-refractivity contribution in [1.82, 2.24) is 0 Å². The molecule has 3 N–H and O–H groups in total. The van der Waals surface area contributed by atoms with Gasteiger partial charge < -0.3 is 33.8 Å². The minimum absolute atomic E-state index is 0.108. The Balaban J connectivity index is 5.20. The third-order valence-electron chi connectivity index (χ3n) is 18.5. The molecule has 0 fully saturated rings. The molecule has 0 aromatic carbocycles. The first-order valence-electron chi connectivity index (χ1n) is 41.1. The van der Waals surface area contributed by atoms with Crippen LogP contribution < -0.4 is 0 Å². The molecule has 0 aliphatic rings. The van der Waals surface area contributed by atoms with Gasteiger partial charge in [0.25, 0.3) is 0 Å². The van der Waals surface area contributed by atoms with Crippen LogP contribution in [0.2, 0.25) is 0 Å². The summed E-state index contributed by atoms with van der Waals surface area (Å²) in [5, 5.41) is 10.6. The molecular formula is C79H154O17P2. The van der Waals surface area contributed by atoms with Gasteiger partial charge in [0.05, 0.1) is 26.4 Å². The lowest BCUT2D eigenvalue weighted by Crippen LogP contribution is -2.30. The molecule has 98 heavy (non-hydrogen) atoms. The van der Waals surface area contributed by atoms with E-state index in [1.165, 1.54) is 238 Å².